The molecule has 1 amide bonds. The number of carbonyl (C=O) groups excluding carboxylic acids is 1. The van der Waals surface area contributed by atoms with Gasteiger partial charge in [0.1, 0.15) is 10.7 Å². The molecule has 1 N–H and O–H groups in total. The summed E-state index contributed by atoms with van der Waals surface area (Å²) in [6, 6.07) is 1.60. The lowest BCUT2D eigenvalue weighted by molar-refractivity contribution is -0.112. The van der Waals surface area contributed by atoms with Crippen LogP contribution >= 0.6 is 11.8 Å². The summed E-state index contributed by atoms with van der Waals surface area (Å²) in [6.07, 6.45) is 3.78. The fraction of sp³-hybridized carbons (Fsp3) is 0.389. The maximum atomic E-state index is 11.8. The second kappa shape index (κ2) is 8.87. The molecule has 1 saturated heterocycles. The Kier molecular flexibility index (Phi) is 6.30. The first-order valence-electron chi connectivity index (χ1n) is 8.74. The topological polar surface area (TPSA) is 102 Å². The highest BCUT2D eigenvalue weighted by Crippen LogP contribution is 2.40. The second-order valence-corrected chi connectivity index (χ2v) is 7.10. The summed E-state index contributed by atoms with van der Waals surface area (Å²) < 4.78 is 10.9. The molecule has 0 atom stereocenters. The molecule has 0 radical (unpaired) electrons. The molecule has 1 aliphatic heterocycles. The van der Waals surface area contributed by atoms with Gasteiger partial charge in [0.25, 0.3) is 5.91 Å². The van der Waals surface area contributed by atoms with E-state index in [0.29, 0.717) is 39.2 Å². The fourth-order valence-corrected chi connectivity index (χ4v) is 3.47. The molecular formula is C18H22N6O3S. The normalized spacial score (nSPS) is 13.3. The van der Waals surface area contributed by atoms with Crippen molar-refractivity contribution in [1.29, 1.82) is 0 Å². The largest absolute Gasteiger partial charge is 0.480 e. The van der Waals surface area contributed by atoms with Crippen LogP contribution in [-0.2, 0) is 4.79 Å². The van der Waals surface area contributed by atoms with Crippen LogP contribution in [-0.4, -0.2) is 53.2 Å². The first-order chi connectivity index (χ1) is 13.5. The molecule has 0 bridgehead atoms. The number of hydrogen-bond donors (Lipinski definition) is 1. The Hall–Kier alpha value is -2.88. The van der Waals surface area contributed by atoms with Gasteiger partial charge in [-0.15, -0.1) is 0 Å². The van der Waals surface area contributed by atoms with E-state index >= 15 is 0 Å². The van der Waals surface area contributed by atoms with E-state index < -0.39 is 0 Å². The summed E-state index contributed by atoms with van der Waals surface area (Å²) in [4.78, 5) is 32.1. The Labute approximate surface area is 167 Å². The van der Waals surface area contributed by atoms with Crippen LogP contribution in [0.5, 0.6) is 11.8 Å². The van der Waals surface area contributed by atoms with Crippen LogP contribution < -0.4 is 19.7 Å². The summed E-state index contributed by atoms with van der Waals surface area (Å²) >= 11 is 1.20. The molecule has 9 nitrogen and oxygen atoms in total. The van der Waals surface area contributed by atoms with Crippen molar-refractivity contribution in [3.8, 4) is 11.8 Å². The Morgan fingerprint density at radius 2 is 1.82 bits per heavy atom. The maximum Gasteiger partial charge on any atom is 0.251 e. The van der Waals surface area contributed by atoms with E-state index in [1.54, 1.807) is 33.4 Å². The molecule has 148 valence electrons. The van der Waals surface area contributed by atoms with E-state index in [1.807, 2.05) is 0 Å². The van der Waals surface area contributed by atoms with Gasteiger partial charge < -0.3 is 19.7 Å². The monoisotopic (exact) mass is 402 g/mol. The molecule has 10 heteroatoms. The first kappa shape index (κ1) is 19.9. The number of hydrogen-bond acceptors (Lipinski definition) is 9. The summed E-state index contributed by atoms with van der Waals surface area (Å²) in [5.41, 5.74) is 0.391. The minimum absolute atomic E-state index is 0.303. The SMILES string of the molecule is C=C(C)C(=O)Nc1ccnc(Sc2c(OC)nc(N3CCCC3)nc2OC)n1. The molecule has 0 aliphatic carbocycles. The molecule has 2 aromatic rings. The Bertz CT molecular complexity index is 860. The van der Waals surface area contributed by atoms with Gasteiger partial charge in [-0.1, -0.05) is 6.58 Å². The number of aromatic nitrogens is 4. The van der Waals surface area contributed by atoms with Crippen molar-refractivity contribution in [2.75, 3.05) is 37.5 Å². The van der Waals surface area contributed by atoms with Crippen LogP contribution in [0.3, 0.4) is 0 Å². The highest BCUT2D eigenvalue weighted by atomic mass is 32.2. The van der Waals surface area contributed by atoms with Gasteiger partial charge in [-0.3, -0.25) is 4.79 Å². The van der Waals surface area contributed by atoms with E-state index in [4.69, 9.17) is 9.47 Å². The number of nitrogens with one attached hydrogen (secondary N) is 1. The van der Waals surface area contributed by atoms with Crippen molar-refractivity contribution < 1.29 is 14.3 Å². The van der Waals surface area contributed by atoms with E-state index in [0.717, 1.165) is 25.9 Å². The van der Waals surface area contributed by atoms with Crippen molar-refractivity contribution in [2.45, 2.75) is 29.8 Å². The predicted molar refractivity (Wildman–Crippen MR) is 106 cm³/mol. The first-order valence-corrected chi connectivity index (χ1v) is 9.56. The van der Waals surface area contributed by atoms with Crippen molar-refractivity contribution in [2.24, 2.45) is 0 Å². The highest BCUT2D eigenvalue weighted by molar-refractivity contribution is 7.99. The van der Waals surface area contributed by atoms with Crippen LogP contribution in [0.15, 0.2) is 34.5 Å². The molecule has 1 aliphatic rings. The third-order valence-electron chi connectivity index (χ3n) is 4.02. The lowest BCUT2D eigenvalue weighted by Gasteiger charge is -2.18. The molecule has 28 heavy (non-hydrogen) atoms. The molecule has 2 aromatic heterocycles. The van der Waals surface area contributed by atoms with Gasteiger partial charge in [0, 0.05) is 24.9 Å². The minimum atomic E-state index is -0.303. The molecule has 0 unspecified atom stereocenters. The standard InChI is InChI=1S/C18H22N6O3S/c1-11(2)14(25)20-12-7-8-19-18(21-12)28-13-15(26-3)22-17(23-16(13)27-4)24-9-5-6-10-24/h7-8H,1,5-6,9-10H2,2-4H3,(H,19,20,21,25). The summed E-state index contributed by atoms with van der Waals surface area (Å²) in [6.45, 7) is 7.06. The number of amides is 1. The van der Waals surface area contributed by atoms with E-state index in [-0.39, 0.29) is 5.91 Å². The third-order valence-corrected chi connectivity index (χ3v) is 4.96. The Morgan fingerprint density at radius 3 is 2.39 bits per heavy atom. The third kappa shape index (κ3) is 4.50. The fourth-order valence-electron chi connectivity index (χ4n) is 2.60. The summed E-state index contributed by atoms with van der Waals surface area (Å²) in [5.74, 6) is 1.43. The van der Waals surface area contributed by atoms with Gasteiger partial charge in [-0.2, -0.15) is 9.97 Å². The van der Waals surface area contributed by atoms with Crippen LogP contribution in [0.4, 0.5) is 11.8 Å². The van der Waals surface area contributed by atoms with E-state index in [9.17, 15) is 4.79 Å². The zero-order valence-corrected chi connectivity index (χ0v) is 16.9. The zero-order valence-electron chi connectivity index (χ0n) is 16.1. The number of ether oxygens (including phenoxy) is 2. The molecule has 3 rings (SSSR count). The van der Waals surface area contributed by atoms with Crippen LogP contribution in [0.25, 0.3) is 0 Å². The van der Waals surface area contributed by atoms with E-state index in [1.165, 1.54) is 11.8 Å². The average Bonchev–Trinajstić information content (AvgIpc) is 3.23. The smallest absolute Gasteiger partial charge is 0.251 e. The molecule has 3 heterocycles. The van der Waals surface area contributed by atoms with Gasteiger partial charge in [0.2, 0.25) is 17.7 Å². The van der Waals surface area contributed by atoms with E-state index in [2.05, 4.69) is 36.7 Å². The molecule has 0 spiro atoms. The van der Waals surface area contributed by atoms with Gasteiger partial charge >= 0.3 is 0 Å². The summed E-state index contributed by atoms with van der Waals surface area (Å²) in [5, 5.41) is 3.06. The summed E-state index contributed by atoms with van der Waals surface area (Å²) in [7, 11) is 3.09. The lowest BCUT2D eigenvalue weighted by Crippen LogP contribution is -2.21. The van der Waals surface area contributed by atoms with Crippen molar-refractivity contribution in [3.05, 3.63) is 24.4 Å². The number of nitrogens with zero attached hydrogens (tertiary/aromatic N) is 5. The van der Waals surface area contributed by atoms with Crippen LogP contribution in [0.2, 0.25) is 0 Å². The maximum absolute atomic E-state index is 11.8. The van der Waals surface area contributed by atoms with Gasteiger partial charge in [-0.05, 0) is 37.6 Å². The zero-order chi connectivity index (χ0) is 20.1. The van der Waals surface area contributed by atoms with Crippen molar-refractivity contribution >= 4 is 29.4 Å². The second-order valence-electron chi connectivity index (χ2n) is 6.13. The molecular weight excluding hydrogens is 380 g/mol. The number of methoxy groups -OCH3 is 2. The van der Waals surface area contributed by atoms with Crippen molar-refractivity contribution in [1.82, 2.24) is 19.9 Å². The highest BCUT2D eigenvalue weighted by Gasteiger charge is 2.23. The van der Waals surface area contributed by atoms with Crippen LogP contribution in [0.1, 0.15) is 19.8 Å². The number of anilines is 2. The molecule has 0 saturated carbocycles. The average molecular weight is 402 g/mol. The van der Waals surface area contributed by atoms with Gasteiger partial charge in [0.15, 0.2) is 5.16 Å². The molecule has 1 fully saturated rings. The number of carbonyl (C=O) groups is 1. The van der Waals surface area contributed by atoms with Gasteiger partial charge in [-0.25, -0.2) is 9.97 Å². The lowest BCUT2D eigenvalue weighted by atomic mass is 10.3. The Balaban J connectivity index is 1.89. The molecule has 0 aromatic carbocycles. The quantitative estimate of drug-likeness (QED) is 0.553. The Morgan fingerprint density at radius 1 is 1.18 bits per heavy atom. The van der Waals surface area contributed by atoms with Crippen LogP contribution in [0, 0.1) is 0 Å². The van der Waals surface area contributed by atoms with Crippen molar-refractivity contribution in [3.63, 3.8) is 0 Å². The minimum Gasteiger partial charge on any atom is -0.480 e. The van der Waals surface area contributed by atoms with Gasteiger partial charge in [0.05, 0.1) is 14.2 Å². The predicted octanol–water partition coefficient (Wildman–Crippen LogP) is 2.55. The number of rotatable bonds is 7.